The highest BCUT2D eigenvalue weighted by molar-refractivity contribution is 5.97. The van der Waals surface area contributed by atoms with Crippen molar-refractivity contribution in [2.75, 3.05) is 32.1 Å². The molecule has 0 atom stereocenters. The maximum atomic E-state index is 12.3. The van der Waals surface area contributed by atoms with E-state index in [1.807, 2.05) is 61.5 Å². The summed E-state index contributed by atoms with van der Waals surface area (Å²) in [5.41, 5.74) is 4.09. The summed E-state index contributed by atoms with van der Waals surface area (Å²) in [6, 6.07) is 24.0. The molecule has 0 aliphatic heterocycles. The number of likely N-dealkylation sites (N-methyl/N-ethyl adjacent to an activating group) is 1. The molecule has 0 unspecified atom stereocenters. The minimum absolute atomic E-state index is 0.194. The van der Waals surface area contributed by atoms with Crippen LogP contribution in [0.3, 0.4) is 0 Å². The second-order valence-corrected chi connectivity index (χ2v) is 7.95. The van der Waals surface area contributed by atoms with E-state index in [1.165, 1.54) is 7.05 Å². The fraction of sp³-hybridized carbons (Fsp3) is 0.185. The summed E-state index contributed by atoms with van der Waals surface area (Å²) in [5, 5.41) is 5.16. The van der Waals surface area contributed by atoms with Gasteiger partial charge in [-0.15, -0.1) is 0 Å². The van der Waals surface area contributed by atoms with Crippen LogP contribution in [0.1, 0.15) is 15.9 Å². The summed E-state index contributed by atoms with van der Waals surface area (Å²) in [6.45, 7) is 0.826. The Kier molecular flexibility index (Phi) is 8.72. The van der Waals surface area contributed by atoms with Crippen LogP contribution in [-0.2, 0) is 19.1 Å². The average Bonchev–Trinajstić information content (AvgIpc) is 2.87. The van der Waals surface area contributed by atoms with Gasteiger partial charge in [-0.1, -0.05) is 60.2 Å². The van der Waals surface area contributed by atoms with Gasteiger partial charge in [0, 0.05) is 18.3 Å². The van der Waals surface area contributed by atoms with Gasteiger partial charge in [0.25, 0.3) is 11.8 Å². The summed E-state index contributed by atoms with van der Waals surface area (Å²) in [4.78, 5) is 49.7. The molecule has 0 aromatic heterocycles. The van der Waals surface area contributed by atoms with Crippen LogP contribution >= 0.6 is 0 Å². The van der Waals surface area contributed by atoms with Crippen molar-refractivity contribution in [3.8, 4) is 11.1 Å². The van der Waals surface area contributed by atoms with Crippen molar-refractivity contribution in [3.05, 3.63) is 90.0 Å². The molecular weight excluding hydrogens is 446 g/mol. The number of anilines is 1. The lowest BCUT2D eigenvalue weighted by Crippen LogP contribution is -2.38. The highest BCUT2D eigenvalue weighted by Crippen LogP contribution is 2.19. The topological polar surface area (TPSA) is 105 Å². The predicted molar refractivity (Wildman–Crippen MR) is 133 cm³/mol. The Morgan fingerprint density at radius 3 is 2.11 bits per heavy atom. The number of carbonyl (C=O) groups excluding carboxylic acids is 4. The number of benzene rings is 3. The van der Waals surface area contributed by atoms with Crippen molar-refractivity contribution in [2.24, 2.45) is 0 Å². The van der Waals surface area contributed by atoms with Crippen molar-refractivity contribution in [2.45, 2.75) is 6.92 Å². The molecule has 180 valence electrons. The molecule has 0 bridgehead atoms. The molecule has 0 aliphatic carbocycles. The lowest BCUT2D eigenvalue weighted by molar-refractivity contribution is -0.150. The van der Waals surface area contributed by atoms with Crippen molar-refractivity contribution in [3.63, 3.8) is 0 Å². The predicted octanol–water partition coefficient (Wildman–Crippen LogP) is 3.03. The first-order chi connectivity index (χ1) is 16.8. The first kappa shape index (κ1) is 25.2. The quantitative estimate of drug-likeness (QED) is 0.465. The molecule has 0 saturated carbocycles. The largest absolute Gasteiger partial charge is 0.454 e. The Morgan fingerprint density at radius 2 is 1.46 bits per heavy atom. The second kappa shape index (κ2) is 12.1. The van der Waals surface area contributed by atoms with Crippen molar-refractivity contribution in [1.82, 2.24) is 10.2 Å². The minimum atomic E-state index is -0.759. The number of nitrogens with zero attached hydrogens (tertiary/aromatic N) is 1. The smallest absolute Gasteiger partial charge is 0.325 e. The van der Waals surface area contributed by atoms with Gasteiger partial charge in [-0.25, -0.2) is 0 Å². The number of nitrogens with one attached hydrogen (secondary N) is 2. The van der Waals surface area contributed by atoms with Crippen LogP contribution in [0.4, 0.5) is 5.69 Å². The first-order valence-electron chi connectivity index (χ1n) is 11.0. The molecule has 0 saturated heterocycles. The Hall–Kier alpha value is -4.46. The molecule has 3 aromatic rings. The highest BCUT2D eigenvalue weighted by Gasteiger charge is 2.16. The van der Waals surface area contributed by atoms with Gasteiger partial charge in [0.2, 0.25) is 5.91 Å². The maximum absolute atomic E-state index is 12.3. The number of rotatable bonds is 9. The zero-order valence-electron chi connectivity index (χ0n) is 19.6. The standard InChI is InChI=1S/C27H27N3O5/c1-19-8-14-23(15-9-19)29-24(31)17-30(2)25(32)18-35-26(33)16-28-27(34)22-12-10-21(11-13-22)20-6-4-3-5-7-20/h3-15H,16-18H2,1-2H3,(H,28,34)(H,29,31). The van der Waals surface area contributed by atoms with Gasteiger partial charge in [-0.3, -0.25) is 19.2 Å². The summed E-state index contributed by atoms with van der Waals surface area (Å²) < 4.78 is 4.92. The minimum Gasteiger partial charge on any atom is -0.454 e. The van der Waals surface area contributed by atoms with Crippen LogP contribution < -0.4 is 10.6 Å². The van der Waals surface area contributed by atoms with Crippen molar-refractivity contribution in [1.29, 1.82) is 0 Å². The van der Waals surface area contributed by atoms with E-state index in [-0.39, 0.29) is 19.0 Å². The van der Waals surface area contributed by atoms with Gasteiger partial charge >= 0.3 is 5.97 Å². The van der Waals surface area contributed by atoms with Gasteiger partial charge in [0.1, 0.15) is 6.54 Å². The highest BCUT2D eigenvalue weighted by atomic mass is 16.5. The Morgan fingerprint density at radius 1 is 0.829 bits per heavy atom. The molecule has 35 heavy (non-hydrogen) atoms. The Balaban J connectivity index is 1.38. The average molecular weight is 474 g/mol. The van der Waals surface area contributed by atoms with E-state index in [9.17, 15) is 19.2 Å². The fourth-order valence-corrected chi connectivity index (χ4v) is 3.14. The lowest BCUT2D eigenvalue weighted by atomic mass is 10.0. The van der Waals surface area contributed by atoms with E-state index in [1.54, 1.807) is 24.3 Å². The third-order valence-corrected chi connectivity index (χ3v) is 5.15. The summed E-state index contributed by atoms with van der Waals surface area (Å²) in [7, 11) is 1.44. The number of carbonyl (C=O) groups is 4. The zero-order chi connectivity index (χ0) is 25.2. The Labute approximate surface area is 203 Å². The monoisotopic (exact) mass is 473 g/mol. The number of hydrogen-bond acceptors (Lipinski definition) is 5. The van der Waals surface area contributed by atoms with Crippen LogP contribution in [0, 0.1) is 6.92 Å². The van der Waals surface area contributed by atoms with Crippen LogP contribution in [0.5, 0.6) is 0 Å². The van der Waals surface area contributed by atoms with E-state index >= 15 is 0 Å². The van der Waals surface area contributed by atoms with E-state index in [0.717, 1.165) is 21.6 Å². The third kappa shape index (κ3) is 7.82. The number of hydrogen-bond donors (Lipinski definition) is 2. The SMILES string of the molecule is Cc1ccc(NC(=O)CN(C)C(=O)COC(=O)CNC(=O)c2ccc(-c3ccccc3)cc2)cc1. The molecule has 2 N–H and O–H groups in total. The molecule has 3 amide bonds. The molecule has 0 radical (unpaired) electrons. The molecule has 0 fully saturated rings. The molecule has 8 heteroatoms. The van der Waals surface area contributed by atoms with Gasteiger partial charge in [0.05, 0.1) is 6.54 Å². The van der Waals surface area contributed by atoms with Gasteiger partial charge < -0.3 is 20.3 Å². The van der Waals surface area contributed by atoms with Crippen LogP contribution in [-0.4, -0.2) is 55.3 Å². The number of ether oxygens (including phenoxy) is 1. The van der Waals surface area contributed by atoms with Gasteiger partial charge in [-0.2, -0.15) is 0 Å². The van der Waals surface area contributed by atoms with Gasteiger partial charge in [0.15, 0.2) is 6.61 Å². The van der Waals surface area contributed by atoms with E-state index in [0.29, 0.717) is 11.3 Å². The lowest BCUT2D eigenvalue weighted by Gasteiger charge is -2.17. The van der Waals surface area contributed by atoms with E-state index < -0.39 is 24.4 Å². The Bertz CT molecular complexity index is 1180. The van der Waals surface area contributed by atoms with Crippen LogP contribution in [0.2, 0.25) is 0 Å². The second-order valence-electron chi connectivity index (χ2n) is 7.95. The molecule has 0 heterocycles. The number of esters is 1. The summed E-state index contributed by atoms with van der Waals surface area (Å²) in [6.07, 6.45) is 0. The maximum Gasteiger partial charge on any atom is 0.325 e. The molecule has 0 spiro atoms. The zero-order valence-corrected chi connectivity index (χ0v) is 19.6. The summed E-state index contributed by atoms with van der Waals surface area (Å²) in [5.74, 6) is -2.11. The third-order valence-electron chi connectivity index (χ3n) is 5.15. The molecule has 3 rings (SSSR count). The number of amides is 3. The fourth-order valence-electron chi connectivity index (χ4n) is 3.14. The molecule has 0 aliphatic rings. The normalized spacial score (nSPS) is 10.2. The van der Waals surface area contributed by atoms with Gasteiger partial charge in [-0.05, 0) is 42.3 Å². The van der Waals surface area contributed by atoms with Crippen molar-refractivity contribution >= 4 is 29.4 Å². The molecule has 8 nitrogen and oxygen atoms in total. The first-order valence-corrected chi connectivity index (χ1v) is 11.0. The number of aryl methyl sites for hydroxylation is 1. The molecule has 3 aromatic carbocycles. The van der Waals surface area contributed by atoms with E-state index in [4.69, 9.17) is 4.74 Å². The van der Waals surface area contributed by atoms with E-state index in [2.05, 4.69) is 10.6 Å². The van der Waals surface area contributed by atoms with Crippen LogP contribution in [0.15, 0.2) is 78.9 Å². The van der Waals surface area contributed by atoms with Crippen LogP contribution in [0.25, 0.3) is 11.1 Å². The van der Waals surface area contributed by atoms with Crippen molar-refractivity contribution < 1.29 is 23.9 Å². The molecular formula is C27H27N3O5. The summed E-state index contributed by atoms with van der Waals surface area (Å²) >= 11 is 0.